The van der Waals surface area contributed by atoms with Crippen LogP contribution in [0.2, 0.25) is 0 Å². The van der Waals surface area contributed by atoms with Gasteiger partial charge in [-0.3, -0.25) is 0 Å². The van der Waals surface area contributed by atoms with E-state index in [1.54, 1.807) is 0 Å². The van der Waals surface area contributed by atoms with Crippen molar-refractivity contribution in [2.24, 2.45) is 0 Å². The molecular formula is C7H10IN3. The van der Waals surface area contributed by atoms with E-state index in [-0.39, 0.29) is 0 Å². The van der Waals surface area contributed by atoms with E-state index < -0.39 is 0 Å². The van der Waals surface area contributed by atoms with Gasteiger partial charge < -0.3 is 5.32 Å². The smallest absolute Gasteiger partial charge is 0.142 e. The van der Waals surface area contributed by atoms with Crippen LogP contribution in [0.25, 0.3) is 0 Å². The van der Waals surface area contributed by atoms with E-state index in [0.717, 1.165) is 21.6 Å². The van der Waals surface area contributed by atoms with Crippen molar-refractivity contribution in [2.75, 3.05) is 12.4 Å². The van der Waals surface area contributed by atoms with E-state index in [9.17, 15) is 0 Å². The highest BCUT2D eigenvalue weighted by atomic mass is 127. The Morgan fingerprint density at radius 1 is 1.64 bits per heavy atom. The molecule has 0 bridgehead atoms. The molecule has 0 saturated heterocycles. The predicted molar refractivity (Wildman–Crippen MR) is 53.7 cm³/mol. The average Bonchev–Trinajstić information content (AvgIpc) is 2.05. The largest absolute Gasteiger partial charge is 0.372 e. The number of rotatable bonds is 2. The second-order valence-corrected chi connectivity index (χ2v) is 3.25. The summed E-state index contributed by atoms with van der Waals surface area (Å²) in [7, 11) is 1.87. The number of halogens is 1. The standard InChI is InChI=1S/C7H10IN3/c1-3-6-10-4-5(8)7(9-2)11-6/h4H,3H2,1-2H3,(H,9,10,11). The lowest BCUT2D eigenvalue weighted by atomic mass is 10.4. The summed E-state index contributed by atoms with van der Waals surface area (Å²) in [5.41, 5.74) is 0. The summed E-state index contributed by atoms with van der Waals surface area (Å²) < 4.78 is 1.06. The van der Waals surface area contributed by atoms with Gasteiger partial charge in [0, 0.05) is 19.7 Å². The second-order valence-electron chi connectivity index (χ2n) is 2.09. The minimum absolute atomic E-state index is 0.881. The molecule has 60 valence electrons. The van der Waals surface area contributed by atoms with E-state index >= 15 is 0 Å². The van der Waals surface area contributed by atoms with Crippen molar-refractivity contribution in [1.29, 1.82) is 0 Å². The van der Waals surface area contributed by atoms with Gasteiger partial charge in [-0.15, -0.1) is 0 Å². The Hall–Kier alpha value is -0.390. The SMILES string of the molecule is CCc1ncc(I)c(NC)n1. The normalized spacial score (nSPS) is 9.73. The first-order valence-electron chi connectivity index (χ1n) is 3.47. The van der Waals surface area contributed by atoms with E-state index in [4.69, 9.17) is 0 Å². The summed E-state index contributed by atoms with van der Waals surface area (Å²) in [5.74, 6) is 1.80. The average molecular weight is 263 g/mol. The van der Waals surface area contributed by atoms with Gasteiger partial charge in [0.15, 0.2) is 0 Å². The monoisotopic (exact) mass is 263 g/mol. The van der Waals surface area contributed by atoms with Gasteiger partial charge in [-0.05, 0) is 22.6 Å². The maximum atomic E-state index is 4.28. The fourth-order valence-electron chi connectivity index (χ4n) is 0.749. The van der Waals surface area contributed by atoms with Crippen molar-refractivity contribution in [3.63, 3.8) is 0 Å². The third-order valence-corrected chi connectivity index (χ3v) is 2.14. The van der Waals surface area contributed by atoms with Gasteiger partial charge in [-0.1, -0.05) is 6.92 Å². The first-order valence-corrected chi connectivity index (χ1v) is 4.55. The van der Waals surface area contributed by atoms with Crippen LogP contribution in [0.4, 0.5) is 5.82 Å². The molecule has 0 saturated carbocycles. The molecule has 1 aromatic rings. The van der Waals surface area contributed by atoms with Crippen molar-refractivity contribution in [3.8, 4) is 0 Å². The molecule has 11 heavy (non-hydrogen) atoms. The van der Waals surface area contributed by atoms with Gasteiger partial charge in [0.1, 0.15) is 11.6 Å². The highest BCUT2D eigenvalue weighted by molar-refractivity contribution is 14.1. The first kappa shape index (κ1) is 8.70. The Labute approximate surface area is 79.8 Å². The minimum atomic E-state index is 0.881. The second kappa shape index (κ2) is 3.85. The zero-order valence-corrected chi connectivity index (χ0v) is 8.71. The Balaban J connectivity index is 3.02. The van der Waals surface area contributed by atoms with Crippen LogP contribution in [-0.4, -0.2) is 17.0 Å². The molecule has 1 aromatic heterocycles. The number of hydrogen-bond donors (Lipinski definition) is 1. The molecule has 3 nitrogen and oxygen atoms in total. The third-order valence-electron chi connectivity index (χ3n) is 1.35. The Morgan fingerprint density at radius 3 is 2.91 bits per heavy atom. The first-order chi connectivity index (χ1) is 5.27. The van der Waals surface area contributed by atoms with Gasteiger partial charge in [0.2, 0.25) is 0 Å². The van der Waals surface area contributed by atoms with Crippen molar-refractivity contribution in [2.45, 2.75) is 13.3 Å². The summed E-state index contributed by atoms with van der Waals surface area (Å²) in [6.07, 6.45) is 2.71. The molecule has 1 heterocycles. The fraction of sp³-hybridized carbons (Fsp3) is 0.429. The fourth-order valence-corrected chi connectivity index (χ4v) is 1.28. The van der Waals surface area contributed by atoms with E-state index in [1.165, 1.54) is 0 Å². The molecule has 0 fully saturated rings. The van der Waals surface area contributed by atoms with Crippen molar-refractivity contribution in [1.82, 2.24) is 9.97 Å². The summed E-state index contributed by atoms with van der Waals surface area (Å²) in [6.45, 7) is 2.04. The Kier molecular flexibility index (Phi) is 3.04. The van der Waals surface area contributed by atoms with Gasteiger partial charge >= 0.3 is 0 Å². The van der Waals surface area contributed by atoms with Crippen LogP contribution in [0.5, 0.6) is 0 Å². The Bertz CT molecular complexity index is 249. The van der Waals surface area contributed by atoms with Gasteiger partial charge in [-0.25, -0.2) is 9.97 Å². The summed E-state index contributed by atoms with van der Waals surface area (Å²) in [4.78, 5) is 8.43. The van der Waals surface area contributed by atoms with Crippen LogP contribution in [0.3, 0.4) is 0 Å². The van der Waals surface area contributed by atoms with Crippen molar-refractivity contribution >= 4 is 28.4 Å². The minimum Gasteiger partial charge on any atom is -0.372 e. The zero-order chi connectivity index (χ0) is 8.27. The maximum Gasteiger partial charge on any atom is 0.142 e. The molecule has 0 aliphatic rings. The van der Waals surface area contributed by atoms with Gasteiger partial charge in [0.05, 0.1) is 3.57 Å². The summed E-state index contributed by atoms with van der Waals surface area (Å²) >= 11 is 2.21. The lowest BCUT2D eigenvalue weighted by molar-refractivity contribution is 0.935. The highest BCUT2D eigenvalue weighted by Gasteiger charge is 1.99. The van der Waals surface area contributed by atoms with Crippen LogP contribution in [-0.2, 0) is 6.42 Å². The molecule has 1 N–H and O–H groups in total. The summed E-state index contributed by atoms with van der Waals surface area (Å²) in [6, 6.07) is 0. The number of nitrogens with one attached hydrogen (secondary N) is 1. The molecule has 4 heteroatoms. The number of aromatic nitrogens is 2. The molecule has 1 rings (SSSR count). The molecule has 0 aliphatic carbocycles. The number of nitrogens with zero attached hydrogens (tertiary/aromatic N) is 2. The van der Waals surface area contributed by atoms with E-state index in [2.05, 4.69) is 37.9 Å². The van der Waals surface area contributed by atoms with Gasteiger partial charge in [-0.2, -0.15) is 0 Å². The van der Waals surface area contributed by atoms with Crippen LogP contribution < -0.4 is 5.32 Å². The van der Waals surface area contributed by atoms with Crippen LogP contribution >= 0.6 is 22.6 Å². The molecule has 0 aliphatic heterocycles. The van der Waals surface area contributed by atoms with Crippen molar-refractivity contribution < 1.29 is 0 Å². The predicted octanol–water partition coefficient (Wildman–Crippen LogP) is 1.69. The lowest BCUT2D eigenvalue weighted by Crippen LogP contribution is -2.00. The Morgan fingerprint density at radius 2 is 2.36 bits per heavy atom. The molecule has 0 amide bonds. The summed E-state index contributed by atoms with van der Waals surface area (Å²) in [5, 5.41) is 3.01. The number of aryl methyl sites for hydroxylation is 1. The molecular weight excluding hydrogens is 253 g/mol. The van der Waals surface area contributed by atoms with E-state index in [0.29, 0.717) is 0 Å². The van der Waals surface area contributed by atoms with Crippen molar-refractivity contribution in [3.05, 3.63) is 15.6 Å². The van der Waals surface area contributed by atoms with E-state index in [1.807, 2.05) is 20.2 Å². The third kappa shape index (κ3) is 2.02. The van der Waals surface area contributed by atoms with Crippen LogP contribution in [0.15, 0.2) is 6.20 Å². The quantitative estimate of drug-likeness (QED) is 0.825. The maximum absolute atomic E-state index is 4.28. The molecule has 0 spiro atoms. The van der Waals surface area contributed by atoms with Crippen LogP contribution in [0, 0.1) is 3.57 Å². The zero-order valence-electron chi connectivity index (χ0n) is 6.56. The number of anilines is 1. The highest BCUT2D eigenvalue weighted by Crippen LogP contribution is 2.12. The van der Waals surface area contributed by atoms with Gasteiger partial charge in [0.25, 0.3) is 0 Å². The lowest BCUT2D eigenvalue weighted by Gasteiger charge is -2.02. The molecule has 0 aromatic carbocycles. The molecule has 0 radical (unpaired) electrons. The molecule has 0 atom stereocenters. The number of hydrogen-bond acceptors (Lipinski definition) is 3. The molecule has 0 unspecified atom stereocenters. The van der Waals surface area contributed by atoms with Crippen LogP contribution in [0.1, 0.15) is 12.7 Å². The topological polar surface area (TPSA) is 37.8 Å².